The molecule has 0 aliphatic rings. The second-order valence-electron chi connectivity index (χ2n) is 6.30. The van der Waals surface area contributed by atoms with Crippen molar-refractivity contribution in [3.05, 3.63) is 0 Å². The van der Waals surface area contributed by atoms with E-state index in [9.17, 15) is 28.8 Å². The molecule has 13 nitrogen and oxygen atoms in total. The Hall–Kier alpha value is -3.22. The zero-order valence-electron chi connectivity index (χ0n) is 16.7. The molecular formula is C16H28N6O7. The van der Waals surface area contributed by atoms with Gasteiger partial charge in [-0.1, -0.05) is 0 Å². The monoisotopic (exact) mass is 416 g/mol. The largest absolute Gasteiger partial charge is 0.480 e. The van der Waals surface area contributed by atoms with Gasteiger partial charge in [0.15, 0.2) is 0 Å². The van der Waals surface area contributed by atoms with Gasteiger partial charge in [0.25, 0.3) is 0 Å². The maximum absolute atomic E-state index is 12.0. The van der Waals surface area contributed by atoms with Gasteiger partial charge in [-0.2, -0.15) is 0 Å². The predicted octanol–water partition coefficient (Wildman–Crippen LogP) is -3.84. The SMILES string of the molecule is C[C@H](NC(=O)[C@H](C)NC(=O)CNC(=O)[C@H](C)NC(=O)[C@H](C)NC(=O)CN)C(=O)O. The van der Waals surface area contributed by atoms with Crippen molar-refractivity contribution >= 4 is 35.5 Å². The second-order valence-corrected chi connectivity index (χ2v) is 6.30. The summed E-state index contributed by atoms with van der Waals surface area (Å²) in [6.07, 6.45) is 0. The Kier molecular flexibility index (Phi) is 10.9. The third kappa shape index (κ3) is 10.0. The highest BCUT2D eigenvalue weighted by Gasteiger charge is 2.23. The molecule has 0 aliphatic carbocycles. The Labute approximate surface area is 167 Å². The summed E-state index contributed by atoms with van der Waals surface area (Å²) in [5.74, 6) is -4.42. The third-order valence-corrected chi connectivity index (χ3v) is 3.63. The van der Waals surface area contributed by atoms with Gasteiger partial charge in [0.1, 0.15) is 24.2 Å². The molecule has 0 fully saturated rings. The fourth-order valence-corrected chi connectivity index (χ4v) is 1.85. The summed E-state index contributed by atoms with van der Waals surface area (Å²) < 4.78 is 0. The molecule has 4 atom stereocenters. The average Bonchev–Trinajstić information content (AvgIpc) is 2.65. The molecule has 13 heteroatoms. The highest BCUT2D eigenvalue weighted by atomic mass is 16.4. The lowest BCUT2D eigenvalue weighted by Crippen LogP contribution is -2.54. The van der Waals surface area contributed by atoms with Gasteiger partial charge in [0.2, 0.25) is 29.5 Å². The number of aliphatic carboxylic acids is 1. The van der Waals surface area contributed by atoms with Crippen molar-refractivity contribution in [3.8, 4) is 0 Å². The Bertz CT molecular complexity index is 654. The number of hydrogen-bond acceptors (Lipinski definition) is 7. The van der Waals surface area contributed by atoms with E-state index < -0.39 is 66.2 Å². The van der Waals surface area contributed by atoms with Crippen molar-refractivity contribution in [2.75, 3.05) is 13.1 Å². The number of carbonyl (C=O) groups is 6. The summed E-state index contributed by atoms with van der Waals surface area (Å²) >= 11 is 0. The minimum atomic E-state index is -1.22. The van der Waals surface area contributed by atoms with E-state index in [2.05, 4.69) is 26.6 Å². The number of carboxylic acid groups (broad SMARTS) is 1. The van der Waals surface area contributed by atoms with Crippen LogP contribution in [0.4, 0.5) is 0 Å². The Balaban J connectivity index is 4.39. The van der Waals surface area contributed by atoms with Crippen molar-refractivity contribution in [2.45, 2.75) is 51.9 Å². The number of rotatable bonds is 11. The first-order valence-corrected chi connectivity index (χ1v) is 8.79. The minimum Gasteiger partial charge on any atom is -0.480 e. The molecule has 0 saturated heterocycles. The number of amides is 5. The lowest BCUT2D eigenvalue weighted by atomic mass is 10.2. The number of nitrogens with two attached hydrogens (primary N) is 1. The molecule has 0 saturated carbocycles. The van der Waals surface area contributed by atoms with E-state index in [4.69, 9.17) is 10.8 Å². The zero-order chi connectivity index (χ0) is 22.7. The van der Waals surface area contributed by atoms with Gasteiger partial charge in [0, 0.05) is 0 Å². The molecule has 0 radical (unpaired) electrons. The van der Waals surface area contributed by atoms with Gasteiger partial charge in [-0.05, 0) is 27.7 Å². The lowest BCUT2D eigenvalue weighted by Gasteiger charge is -2.19. The summed E-state index contributed by atoms with van der Waals surface area (Å²) in [7, 11) is 0. The van der Waals surface area contributed by atoms with E-state index in [0.717, 1.165) is 0 Å². The fraction of sp³-hybridized carbons (Fsp3) is 0.625. The van der Waals surface area contributed by atoms with E-state index in [1.807, 2.05) is 0 Å². The number of carboxylic acids is 1. The van der Waals surface area contributed by atoms with Crippen LogP contribution in [0.3, 0.4) is 0 Å². The molecule has 0 aromatic heterocycles. The summed E-state index contributed by atoms with van der Waals surface area (Å²) in [5, 5.41) is 20.2. The van der Waals surface area contributed by atoms with Crippen molar-refractivity contribution < 1.29 is 33.9 Å². The molecule has 0 aromatic carbocycles. The Morgan fingerprint density at radius 3 is 1.55 bits per heavy atom. The molecule has 0 heterocycles. The predicted molar refractivity (Wildman–Crippen MR) is 100 cm³/mol. The molecule has 5 amide bonds. The first-order chi connectivity index (χ1) is 13.4. The summed E-state index contributed by atoms with van der Waals surface area (Å²) in [5.41, 5.74) is 5.13. The smallest absolute Gasteiger partial charge is 0.325 e. The van der Waals surface area contributed by atoms with Crippen LogP contribution >= 0.6 is 0 Å². The van der Waals surface area contributed by atoms with E-state index in [0.29, 0.717) is 0 Å². The number of nitrogens with one attached hydrogen (secondary N) is 5. The highest BCUT2D eigenvalue weighted by Crippen LogP contribution is 1.89. The molecule has 0 aliphatic heterocycles. The van der Waals surface area contributed by atoms with Crippen LogP contribution in [0, 0.1) is 0 Å². The fourth-order valence-electron chi connectivity index (χ4n) is 1.85. The molecule has 0 rings (SSSR count). The molecule has 0 aromatic rings. The van der Waals surface area contributed by atoms with Crippen molar-refractivity contribution in [1.29, 1.82) is 0 Å². The lowest BCUT2D eigenvalue weighted by molar-refractivity contribution is -0.141. The van der Waals surface area contributed by atoms with Crippen LogP contribution in [0.25, 0.3) is 0 Å². The van der Waals surface area contributed by atoms with Gasteiger partial charge in [-0.25, -0.2) is 0 Å². The van der Waals surface area contributed by atoms with Gasteiger partial charge >= 0.3 is 5.97 Å². The Morgan fingerprint density at radius 2 is 1.10 bits per heavy atom. The first-order valence-electron chi connectivity index (χ1n) is 8.79. The average molecular weight is 416 g/mol. The van der Waals surface area contributed by atoms with Crippen LogP contribution in [0.15, 0.2) is 0 Å². The van der Waals surface area contributed by atoms with Crippen molar-refractivity contribution in [2.24, 2.45) is 5.73 Å². The maximum atomic E-state index is 12.0. The molecular weight excluding hydrogens is 388 g/mol. The number of hydrogen-bond donors (Lipinski definition) is 7. The quantitative estimate of drug-likeness (QED) is 0.177. The van der Waals surface area contributed by atoms with Crippen molar-refractivity contribution in [1.82, 2.24) is 26.6 Å². The molecule has 29 heavy (non-hydrogen) atoms. The van der Waals surface area contributed by atoms with E-state index >= 15 is 0 Å². The summed E-state index contributed by atoms with van der Waals surface area (Å²) in [6.45, 7) is 4.67. The standard InChI is InChI=1S/C16H28N6O7/c1-7(21-14(26)8(2)19-11(23)5-17)13(25)18-6-12(24)20-9(3)15(27)22-10(4)16(28)29/h7-10H,5-6,17H2,1-4H3,(H,18,25)(H,19,23)(H,20,24)(H,21,26)(H,22,27)(H,28,29)/t7-,8-,9-,10-/m0/s1. The molecule has 0 unspecified atom stereocenters. The maximum Gasteiger partial charge on any atom is 0.325 e. The van der Waals surface area contributed by atoms with Gasteiger partial charge in [-0.3, -0.25) is 28.8 Å². The van der Waals surface area contributed by atoms with Crippen LogP contribution in [-0.2, 0) is 28.8 Å². The van der Waals surface area contributed by atoms with E-state index in [1.165, 1.54) is 27.7 Å². The summed E-state index contributed by atoms with van der Waals surface area (Å²) in [4.78, 5) is 69.3. The normalized spacial score (nSPS) is 14.4. The van der Waals surface area contributed by atoms with E-state index in [1.54, 1.807) is 0 Å². The van der Waals surface area contributed by atoms with E-state index in [-0.39, 0.29) is 6.54 Å². The zero-order valence-corrected chi connectivity index (χ0v) is 16.7. The minimum absolute atomic E-state index is 0.283. The van der Waals surface area contributed by atoms with Crippen molar-refractivity contribution in [3.63, 3.8) is 0 Å². The van der Waals surface area contributed by atoms with Gasteiger partial charge < -0.3 is 37.4 Å². The molecule has 0 bridgehead atoms. The second kappa shape index (κ2) is 12.3. The van der Waals surface area contributed by atoms with Crippen LogP contribution < -0.4 is 32.3 Å². The summed E-state index contributed by atoms with van der Waals surface area (Å²) in [6, 6.07) is -4.05. The van der Waals surface area contributed by atoms with Gasteiger partial charge in [0.05, 0.1) is 13.1 Å². The van der Waals surface area contributed by atoms with Crippen LogP contribution in [0.5, 0.6) is 0 Å². The Morgan fingerprint density at radius 1 is 0.690 bits per heavy atom. The van der Waals surface area contributed by atoms with Gasteiger partial charge in [-0.15, -0.1) is 0 Å². The molecule has 0 spiro atoms. The van der Waals surface area contributed by atoms with Crippen LogP contribution in [-0.4, -0.2) is 77.9 Å². The highest BCUT2D eigenvalue weighted by molar-refractivity contribution is 5.94. The molecule has 8 N–H and O–H groups in total. The third-order valence-electron chi connectivity index (χ3n) is 3.63. The topological polar surface area (TPSA) is 209 Å². The number of carbonyl (C=O) groups excluding carboxylic acids is 5. The molecule has 164 valence electrons. The van der Waals surface area contributed by atoms with Crippen LogP contribution in [0.1, 0.15) is 27.7 Å². The van der Waals surface area contributed by atoms with Crippen LogP contribution in [0.2, 0.25) is 0 Å². The first kappa shape index (κ1) is 25.8.